The number of ketones is 1. The number of Topliss-reactive ketones (excluding diaryl/α,β-unsaturated/α-hetero) is 1. The lowest BCUT2D eigenvalue weighted by Crippen LogP contribution is -2.39. The van der Waals surface area contributed by atoms with Gasteiger partial charge in [-0.3, -0.25) is 9.79 Å². The van der Waals surface area contributed by atoms with E-state index in [0.717, 1.165) is 18.4 Å². The van der Waals surface area contributed by atoms with Crippen LogP contribution in [0.2, 0.25) is 0 Å². The first-order valence-electron chi connectivity index (χ1n) is 9.62. The van der Waals surface area contributed by atoms with Gasteiger partial charge in [0, 0.05) is 18.9 Å². The standard InChI is InChI=1S/C21H26N2O4/c1-26-18-8-7-12(11-19(18)27-2)13-9-16(24)20(17(25)10-13)21-22-14-5-3-4-6-15(14)23-21/h7-8,11,13-15,24H,3-6,9-10H2,1-2H3,(H,22,23)/t13?,14-,15+. The number of hydrogen-bond acceptors (Lipinski definition) is 6. The van der Waals surface area contributed by atoms with E-state index in [0.29, 0.717) is 41.8 Å². The summed E-state index contributed by atoms with van der Waals surface area (Å²) in [6.07, 6.45) is 5.28. The van der Waals surface area contributed by atoms with Gasteiger partial charge < -0.3 is 19.9 Å². The van der Waals surface area contributed by atoms with Gasteiger partial charge in [0.05, 0.1) is 25.8 Å². The lowest BCUT2D eigenvalue weighted by molar-refractivity contribution is -0.116. The molecule has 1 aromatic rings. The van der Waals surface area contributed by atoms with Crippen LogP contribution in [0.25, 0.3) is 0 Å². The zero-order valence-corrected chi connectivity index (χ0v) is 15.8. The highest BCUT2D eigenvalue weighted by molar-refractivity contribution is 6.23. The molecule has 0 aromatic heterocycles. The molecule has 0 radical (unpaired) electrons. The van der Waals surface area contributed by atoms with Gasteiger partial charge in [0.15, 0.2) is 17.3 Å². The quantitative estimate of drug-likeness (QED) is 0.850. The minimum atomic E-state index is -0.0784. The summed E-state index contributed by atoms with van der Waals surface area (Å²) in [6, 6.07) is 6.20. The number of fused-ring (bicyclic) bond motifs is 1. The monoisotopic (exact) mass is 370 g/mol. The fourth-order valence-corrected chi connectivity index (χ4v) is 4.46. The molecule has 144 valence electrons. The average Bonchev–Trinajstić information content (AvgIpc) is 3.10. The van der Waals surface area contributed by atoms with E-state index in [2.05, 4.69) is 5.32 Å². The van der Waals surface area contributed by atoms with Crippen molar-refractivity contribution < 1.29 is 19.4 Å². The number of carbonyl (C=O) groups is 1. The van der Waals surface area contributed by atoms with Crippen LogP contribution >= 0.6 is 0 Å². The number of ether oxygens (including phenoxy) is 2. The van der Waals surface area contributed by atoms with Gasteiger partial charge in [-0.15, -0.1) is 0 Å². The molecule has 1 fully saturated rings. The molecule has 2 N–H and O–H groups in total. The van der Waals surface area contributed by atoms with E-state index in [1.807, 2.05) is 18.2 Å². The van der Waals surface area contributed by atoms with Gasteiger partial charge in [0.25, 0.3) is 0 Å². The Morgan fingerprint density at radius 1 is 1.11 bits per heavy atom. The number of nitrogens with one attached hydrogen (secondary N) is 1. The molecule has 0 spiro atoms. The highest BCUT2D eigenvalue weighted by atomic mass is 16.5. The van der Waals surface area contributed by atoms with Crippen LogP contribution in [0.3, 0.4) is 0 Å². The number of aliphatic hydroxyl groups is 1. The topological polar surface area (TPSA) is 80.2 Å². The van der Waals surface area contributed by atoms with Crippen LogP contribution in [0.1, 0.15) is 50.0 Å². The number of amidine groups is 1. The highest BCUT2D eigenvalue weighted by Crippen LogP contribution is 2.38. The maximum Gasteiger partial charge on any atom is 0.170 e. The van der Waals surface area contributed by atoms with Crippen molar-refractivity contribution in [3.8, 4) is 11.5 Å². The van der Waals surface area contributed by atoms with Crippen LogP contribution in [0.4, 0.5) is 0 Å². The lowest BCUT2D eigenvalue weighted by atomic mass is 9.82. The Balaban J connectivity index is 1.57. The Hall–Kier alpha value is -2.50. The highest BCUT2D eigenvalue weighted by Gasteiger charge is 2.37. The largest absolute Gasteiger partial charge is 0.511 e. The molecular formula is C21H26N2O4. The van der Waals surface area contributed by atoms with Crippen molar-refractivity contribution in [3.05, 3.63) is 35.1 Å². The Bertz CT molecular complexity index is 814. The predicted molar refractivity (Wildman–Crippen MR) is 103 cm³/mol. The summed E-state index contributed by atoms with van der Waals surface area (Å²) >= 11 is 0. The summed E-state index contributed by atoms with van der Waals surface area (Å²) in [6.45, 7) is 0. The molecule has 1 aliphatic heterocycles. The van der Waals surface area contributed by atoms with Crippen LogP contribution in [0.15, 0.2) is 34.5 Å². The minimum absolute atomic E-state index is 0.0524. The third kappa shape index (κ3) is 3.29. The molecule has 2 aliphatic carbocycles. The number of methoxy groups -OCH3 is 2. The first-order valence-corrected chi connectivity index (χ1v) is 9.62. The molecule has 1 saturated carbocycles. The number of hydrogen-bond donors (Lipinski definition) is 2. The zero-order valence-electron chi connectivity index (χ0n) is 15.8. The first kappa shape index (κ1) is 17.9. The third-order valence-corrected chi connectivity index (χ3v) is 5.90. The van der Waals surface area contributed by atoms with Crippen LogP contribution in [0.5, 0.6) is 11.5 Å². The molecule has 4 rings (SSSR count). The first-order chi connectivity index (χ1) is 13.1. The second kappa shape index (κ2) is 7.25. The van der Waals surface area contributed by atoms with Gasteiger partial charge in [-0.2, -0.15) is 0 Å². The molecule has 0 amide bonds. The molecule has 6 heteroatoms. The number of nitrogens with zero attached hydrogens (tertiary/aromatic N) is 1. The smallest absolute Gasteiger partial charge is 0.170 e. The number of aliphatic imine (C=N–C) groups is 1. The van der Waals surface area contributed by atoms with Crippen molar-refractivity contribution in [3.63, 3.8) is 0 Å². The van der Waals surface area contributed by atoms with Gasteiger partial charge in [-0.1, -0.05) is 18.9 Å². The van der Waals surface area contributed by atoms with Gasteiger partial charge in [0.1, 0.15) is 11.6 Å². The normalized spacial score (nSPS) is 27.7. The van der Waals surface area contributed by atoms with Gasteiger partial charge in [-0.25, -0.2) is 0 Å². The molecule has 3 atom stereocenters. The van der Waals surface area contributed by atoms with Crippen LogP contribution in [-0.2, 0) is 4.79 Å². The maximum absolute atomic E-state index is 12.9. The van der Waals surface area contributed by atoms with Crippen LogP contribution < -0.4 is 14.8 Å². The second-order valence-electron chi connectivity index (χ2n) is 7.54. The summed E-state index contributed by atoms with van der Waals surface area (Å²) in [5.74, 6) is 1.88. The molecule has 1 heterocycles. The van der Waals surface area contributed by atoms with Crippen molar-refractivity contribution in [2.24, 2.45) is 4.99 Å². The molecule has 0 bridgehead atoms. The summed E-state index contributed by atoms with van der Waals surface area (Å²) in [5.41, 5.74) is 1.35. The SMILES string of the molecule is COc1ccc(C2CC(=O)C(C3=N[C@H]4CCCC[C@H]4N3)=C(O)C2)cc1OC. The van der Waals surface area contributed by atoms with Crippen LogP contribution in [-0.4, -0.2) is 43.0 Å². The molecule has 1 unspecified atom stereocenters. The summed E-state index contributed by atoms with van der Waals surface area (Å²) in [4.78, 5) is 17.6. The van der Waals surface area contributed by atoms with Crippen molar-refractivity contribution in [1.82, 2.24) is 5.32 Å². The van der Waals surface area contributed by atoms with Crippen molar-refractivity contribution in [2.75, 3.05) is 14.2 Å². The Labute approximate surface area is 159 Å². The van der Waals surface area contributed by atoms with E-state index in [-0.39, 0.29) is 23.5 Å². The predicted octanol–water partition coefficient (Wildman–Crippen LogP) is 3.28. The Kier molecular flexibility index (Phi) is 4.81. The van der Waals surface area contributed by atoms with Crippen molar-refractivity contribution in [2.45, 2.75) is 56.5 Å². The van der Waals surface area contributed by atoms with Gasteiger partial charge in [0.2, 0.25) is 0 Å². The summed E-state index contributed by atoms with van der Waals surface area (Å²) < 4.78 is 10.6. The summed E-state index contributed by atoms with van der Waals surface area (Å²) in [5, 5.41) is 14.1. The third-order valence-electron chi connectivity index (χ3n) is 5.90. The van der Waals surface area contributed by atoms with E-state index in [1.54, 1.807) is 14.2 Å². The average molecular weight is 370 g/mol. The van der Waals surface area contributed by atoms with E-state index in [9.17, 15) is 9.90 Å². The number of rotatable bonds is 4. The number of allylic oxidation sites excluding steroid dienone is 1. The fraction of sp³-hybridized carbons (Fsp3) is 0.524. The van der Waals surface area contributed by atoms with Crippen molar-refractivity contribution in [1.29, 1.82) is 0 Å². The number of carbonyl (C=O) groups excluding carboxylic acids is 1. The van der Waals surface area contributed by atoms with Crippen molar-refractivity contribution >= 4 is 11.6 Å². The fourth-order valence-electron chi connectivity index (χ4n) is 4.46. The van der Waals surface area contributed by atoms with E-state index in [4.69, 9.17) is 14.5 Å². The van der Waals surface area contributed by atoms with Gasteiger partial charge in [-0.05, 0) is 36.5 Å². The minimum Gasteiger partial charge on any atom is -0.511 e. The Morgan fingerprint density at radius 3 is 2.59 bits per heavy atom. The molecule has 27 heavy (non-hydrogen) atoms. The Morgan fingerprint density at radius 2 is 1.89 bits per heavy atom. The molecule has 6 nitrogen and oxygen atoms in total. The summed E-state index contributed by atoms with van der Waals surface area (Å²) in [7, 11) is 3.18. The molecule has 0 saturated heterocycles. The van der Waals surface area contributed by atoms with Gasteiger partial charge >= 0.3 is 0 Å². The lowest BCUT2D eigenvalue weighted by Gasteiger charge is -2.25. The zero-order chi connectivity index (χ0) is 19.0. The van der Waals surface area contributed by atoms with E-state index in [1.165, 1.54) is 12.8 Å². The van der Waals surface area contributed by atoms with Crippen LogP contribution in [0, 0.1) is 0 Å². The maximum atomic E-state index is 12.9. The number of benzene rings is 1. The molecule has 3 aliphatic rings. The number of aliphatic hydroxyl groups excluding tert-OH is 1. The molecule has 1 aromatic carbocycles. The van der Waals surface area contributed by atoms with E-state index < -0.39 is 0 Å². The molecular weight excluding hydrogens is 344 g/mol. The van der Waals surface area contributed by atoms with E-state index >= 15 is 0 Å². The second-order valence-corrected chi connectivity index (χ2v) is 7.54.